The number of nitrogens with zero attached hydrogens (tertiary/aromatic N) is 3. The lowest BCUT2D eigenvalue weighted by Gasteiger charge is -2.39. The first-order valence-corrected chi connectivity index (χ1v) is 11.2. The van der Waals surface area contributed by atoms with Gasteiger partial charge in [0.2, 0.25) is 11.9 Å². The Morgan fingerprint density at radius 2 is 1.68 bits per heavy atom. The molecule has 0 N–H and O–H groups in total. The third-order valence-corrected chi connectivity index (χ3v) is 8.34. The lowest BCUT2D eigenvalue weighted by atomic mass is 9.85. The van der Waals surface area contributed by atoms with Crippen molar-refractivity contribution < 1.29 is 39.6 Å². The van der Waals surface area contributed by atoms with Crippen molar-refractivity contribution in [3.8, 4) is 0 Å². The first-order chi connectivity index (χ1) is 15.0. The van der Waals surface area contributed by atoms with Gasteiger partial charge in [0.15, 0.2) is 9.84 Å². The van der Waals surface area contributed by atoms with Gasteiger partial charge in [0.25, 0.3) is 0 Å². The number of piperidine rings is 1. The number of rotatable bonds is 4. The highest BCUT2D eigenvalue weighted by Crippen LogP contribution is 2.40. The molecule has 1 aromatic heterocycles. The molecule has 1 amide bonds. The molecule has 0 radical (unpaired) electrons. The summed E-state index contributed by atoms with van der Waals surface area (Å²) in [6.07, 6.45) is -8.89. The molecular weight excluding hydrogens is 488 g/mol. The quantitative estimate of drug-likeness (QED) is 0.531. The van der Waals surface area contributed by atoms with Crippen LogP contribution in [-0.4, -0.2) is 35.6 Å². The molecule has 34 heavy (non-hydrogen) atoms. The minimum Gasteiger partial charge on any atom is -0.281 e. The highest BCUT2D eigenvalue weighted by molar-refractivity contribution is 7.92. The SMILES string of the molecule is C.CC(C)(C1CCN(c2nccc(C(F)(F)F)n2)C(=O)C1)S(=O)(=O)c1cccc(C(F)(F)F)c1. The van der Waals surface area contributed by atoms with E-state index in [1.54, 1.807) is 0 Å². The monoisotopic (exact) mass is 511 g/mol. The van der Waals surface area contributed by atoms with E-state index in [1.165, 1.54) is 13.8 Å². The van der Waals surface area contributed by atoms with Gasteiger partial charge in [0.1, 0.15) is 5.69 Å². The lowest BCUT2D eigenvalue weighted by molar-refractivity contribution is -0.141. The molecule has 1 fully saturated rings. The molecule has 13 heteroatoms. The van der Waals surface area contributed by atoms with Gasteiger partial charge < -0.3 is 0 Å². The lowest BCUT2D eigenvalue weighted by Crippen LogP contribution is -2.49. The van der Waals surface area contributed by atoms with Crippen LogP contribution in [0.15, 0.2) is 41.4 Å². The molecule has 1 unspecified atom stereocenters. The first-order valence-electron chi connectivity index (χ1n) is 9.67. The van der Waals surface area contributed by atoms with Gasteiger partial charge in [0, 0.05) is 19.2 Å². The summed E-state index contributed by atoms with van der Waals surface area (Å²) in [6.45, 7) is 2.49. The summed E-state index contributed by atoms with van der Waals surface area (Å²) in [5.41, 5.74) is -2.35. The average molecular weight is 511 g/mol. The van der Waals surface area contributed by atoms with Crippen LogP contribution >= 0.6 is 0 Å². The Bertz CT molecular complexity index is 1160. The topological polar surface area (TPSA) is 80.2 Å². The second kappa shape index (κ2) is 9.16. The fourth-order valence-electron chi connectivity index (χ4n) is 3.64. The number of amides is 1. The van der Waals surface area contributed by atoms with Crippen LogP contribution in [0.3, 0.4) is 0 Å². The van der Waals surface area contributed by atoms with Gasteiger partial charge in [-0.2, -0.15) is 26.3 Å². The third-order valence-electron chi connectivity index (χ3n) is 5.75. The molecule has 3 rings (SSSR count). The van der Waals surface area contributed by atoms with E-state index in [-0.39, 0.29) is 26.8 Å². The average Bonchev–Trinajstić information content (AvgIpc) is 2.72. The Morgan fingerprint density at radius 1 is 1.03 bits per heavy atom. The number of alkyl halides is 6. The Labute approximate surface area is 192 Å². The predicted molar refractivity (Wildman–Crippen MR) is 112 cm³/mol. The van der Waals surface area contributed by atoms with E-state index in [0.717, 1.165) is 29.3 Å². The molecule has 1 aliphatic heterocycles. The molecular formula is C21H23F6N3O3S. The molecule has 1 aliphatic rings. The van der Waals surface area contributed by atoms with Crippen LogP contribution in [0.1, 0.15) is 45.4 Å². The van der Waals surface area contributed by atoms with Crippen molar-refractivity contribution in [3.05, 3.63) is 47.8 Å². The summed E-state index contributed by atoms with van der Waals surface area (Å²) in [5, 5.41) is 0. The largest absolute Gasteiger partial charge is 0.433 e. The molecule has 0 spiro atoms. The third kappa shape index (κ3) is 5.18. The number of aromatic nitrogens is 2. The van der Waals surface area contributed by atoms with Crippen molar-refractivity contribution in [1.82, 2.24) is 9.97 Å². The van der Waals surface area contributed by atoms with E-state index >= 15 is 0 Å². The molecule has 2 aromatic rings. The number of hydrogen-bond donors (Lipinski definition) is 0. The fourth-order valence-corrected chi connectivity index (χ4v) is 5.42. The molecule has 188 valence electrons. The molecule has 1 aromatic carbocycles. The molecule has 1 saturated heterocycles. The van der Waals surface area contributed by atoms with E-state index in [1.807, 2.05) is 0 Å². The van der Waals surface area contributed by atoms with Crippen molar-refractivity contribution in [3.63, 3.8) is 0 Å². The van der Waals surface area contributed by atoms with Crippen molar-refractivity contribution in [1.29, 1.82) is 0 Å². The molecule has 0 bridgehead atoms. The molecule has 6 nitrogen and oxygen atoms in total. The van der Waals surface area contributed by atoms with Gasteiger partial charge in [-0.3, -0.25) is 9.69 Å². The Kier molecular flexibility index (Phi) is 7.42. The van der Waals surface area contributed by atoms with Crippen LogP contribution in [-0.2, 0) is 27.0 Å². The Hall–Kier alpha value is -2.70. The zero-order valence-corrected chi connectivity index (χ0v) is 18.2. The number of anilines is 1. The van der Waals surface area contributed by atoms with Gasteiger partial charge in [0.05, 0.1) is 15.2 Å². The van der Waals surface area contributed by atoms with Crippen LogP contribution in [0, 0.1) is 5.92 Å². The number of hydrogen-bond acceptors (Lipinski definition) is 5. The highest BCUT2D eigenvalue weighted by Gasteiger charge is 2.47. The van der Waals surface area contributed by atoms with Crippen LogP contribution in [0.5, 0.6) is 0 Å². The highest BCUT2D eigenvalue weighted by atomic mass is 32.2. The maximum absolute atomic E-state index is 13.2. The van der Waals surface area contributed by atoms with E-state index in [2.05, 4.69) is 9.97 Å². The van der Waals surface area contributed by atoms with E-state index in [9.17, 15) is 39.6 Å². The van der Waals surface area contributed by atoms with Crippen LogP contribution in [0.2, 0.25) is 0 Å². The smallest absolute Gasteiger partial charge is 0.281 e. The molecule has 2 heterocycles. The van der Waals surface area contributed by atoms with Gasteiger partial charge in [-0.25, -0.2) is 18.4 Å². The Balaban J connectivity index is 0.00000408. The molecule has 1 atom stereocenters. The van der Waals surface area contributed by atoms with Gasteiger partial charge in [-0.15, -0.1) is 0 Å². The minimum absolute atomic E-state index is 0. The van der Waals surface area contributed by atoms with Crippen molar-refractivity contribution in [2.24, 2.45) is 5.92 Å². The van der Waals surface area contributed by atoms with Crippen molar-refractivity contribution in [2.75, 3.05) is 11.4 Å². The van der Waals surface area contributed by atoms with Gasteiger partial charge in [-0.05, 0) is 50.5 Å². The van der Waals surface area contributed by atoms with Gasteiger partial charge >= 0.3 is 12.4 Å². The summed E-state index contributed by atoms with van der Waals surface area (Å²) >= 11 is 0. The van der Waals surface area contributed by atoms with Crippen molar-refractivity contribution >= 4 is 21.7 Å². The summed E-state index contributed by atoms with van der Waals surface area (Å²) in [6, 6.07) is 4.00. The molecule has 0 saturated carbocycles. The number of benzene rings is 1. The standard InChI is InChI=1S/C20H19F6N3O3S.CH4/c1-18(2,33(31,32)14-5-3-4-13(10-14)19(21,22)23)12-7-9-29(16(30)11-12)17-27-8-6-15(28-17)20(24,25)26;/h3-6,8,10,12H,7,9,11H2,1-2H3;1H4. The Morgan fingerprint density at radius 3 is 2.24 bits per heavy atom. The van der Waals surface area contributed by atoms with E-state index in [4.69, 9.17) is 0 Å². The zero-order valence-electron chi connectivity index (χ0n) is 17.4. The summed E-state index contributed by atoms with van der Waals surface area (Å²) in [7, 11) is -4.30. The van der Waals surface area contributed by atoms with Gasteiger partial charge in [-0.1, -0.05) is 13.5 Å². The molecule has 0 aliphatic carbocycles. The second-order valence-electron chi connectivity index (χ2n) is 8.11. The first kappa shape index (κ1) is 27.5. The maximum Gasteiger partial charge on any atom is 0.433 e. The number of halogens is 6. The summed E-state index contributed by atoms with van der Waals surface area (Å²) in [5.74, 6) is -1.93. The number of carbonyl (C=O) groups excluding carboxylic acids is 1. The van der Waals surface area contributed by atoms with Crippen LogP contribution in [0.4, 0.5) is 32.3 Å². The van der Waals surface area contributed by atoms with Crippen LogP contribution < -0.4 is 4.90 Å². The number of carbonyl (C=O) groups is 1. The van der Waals surface area contributed by atoms with E-state index < -0.39 is 60.9 Å². The fraction of sp³-hybridized carbons (Fsp3) is 0.476. The number of sulfone groups is 1. The predicted octanol–water partition coefficient (Wildman–Crippen LogP) is 5.15. The zero-order chi connectivity index (χ0) is 24.8. The maximum atomic E-state index is 13.2. The van der Waals surface area contributed by atoms with E-state index in [0.29, 0.717) is 12.1 Å². The van der Waals surface area contributed by atoms with Crippen molar-refractivity contribution in [2.45, 2.75) is 56.1 Å². The summed E-state index contributed by atoms with van der Waals surface area (Å²) in [4.78, 5) is 20.2. The summed E-state index contributed by atoms with van der Waals surface area (Å²) < 4.78 is 103. The minimum atomic E-state index is -4.74. The van der Waals surface area contributed by atoms with Crippen LogP contribution in [0.25, 0.3) is 0 Å². The second-order valence-corrected chi connectivity index (χ2v) is 10.6. The normalized spacial score (nSPS) is 17.9.